The van der Waals surface area contributed by atoms with Gasteiger partial charge in [-0.2, -0.15) is 0 Å². The van der Waals surface area contributed by atoms with Crippen molar-refractivity contribution in [1.29, 1.82) is 0 Å². The number of hydrogen-bond acceptors (Lipinski definition) is 7. The molecule has 3 aromatic rings. The van der Waals surface area contributed by atoms with Crippen LogP contribution in [0, 0.1) is 0 Å². The Labute approximate surface area is 173 Å². The van der Waals surface area contributed by atoms with E-state index in [9.17, 15) is 18.0 Å². The molecule has 156 valence electrons. The van der Waals surface area contributed by atoms with Gasteiger partial charge in [0.1, 0.15) is 11.5 Å². The third-order valence-corrected chi connectivity index (χ3v) is 5.86. The van der Waals surface area contributed by atoms with Crippen LogP contribution in [0.3, 0.4) is 0 Å². The summed E-state index contributed by atoms with van der Waals surface area (Å²) in [6.45, 7) is 2.14. The zero-order valence-electron chi connectivity index (χ0n) is 16.5. The molecular weight excluding hydrogens is 408 g/mol. The minimum atomic E-state index is -4.19. The summed E-state index contributed by atoms with van der Waals surface area (Å²) in [5.74, 6) is -0.499. The number of carbonyl (C=O) groups is 1. The summed E-state index contributed by atoms with van der Waals surface area (Å²) in [5, 5.41) is 0.389. The lowest BCUT2D eigenvalue weighted by molar-refractivity contribution is -0.112. The van der Waals surface area contributed by atoms with Crippen LogP contribution < -0.4 is 15.1 Å². The highest BCUT2D eigenvalue weighted by molar-refractivity contribution is 7.92. The molecule has 0 N–H and O–H groups in total. The first-order valence-electron chi connectivity index (χ1n) is 9.11. The molecule has 1 aromatic heterocycles. The molecule has 1 heterocycles. The Balaban J connectivity index is 1.84. The molecule has 0 radical (unpaired) electrons. The van der Waals surface area contributed by atoms with E-state index in [-0.39, 0.29) is 5.58 Å². The number of hydrogen-bond donors (Lipinski definition) is 0. The van der Waals surface area contributed by atoms with Gasteiger partial charge in [-0.25, -0.2) is 13.2 Å². The van der Waals surface area contributed by atoms with E-state index in [4.69, 9.17) is 13.9 Å². The monoisotopic (exact) mass is 428 g/mol. The van der Waals surface area contributed by atoms with Crippen molar-refractivity contribution in [2.45, 2.75) is 11.8 Å². The van der Waals surface area contributed by atoms with Gasteiger partial charge in [0.25, 0.3) is 0 Å². The third kappa shape index (κ3) is 4.77. The highest BCUT2D eigenvalue weighted by Crippen LogP contribution is 2.26. The molecule has 0 amide bonds. The van der Waals surface area contributed by atoms with Crippen LogP contribution in [0.15, 0.2) is 68.7 Å². The first-order valence-corrected chi connectivity index (χ1v) is 10.8. The van der Waals surface area contributed by atoms with Gasteiger partial charge in [-0.1, -0.05) is 30.3 Å². The van der Waals surface area contributed by atoms with E-state index in [2.05, 4.69) is 0 Å². The van der Waals surface area contributed by atoms with E-state index < -0.39 is 31.9 Å². The molecule has 8 heteroatoms. The predicted octanol–water partition coefficient (Wildman–Crippen LogP) is 3.26. The molecule has 3 rings (SSSR count). The number of benzene rings is 2. The zero-order chi connectivity index (χ0) is 21.7. The van der Waals surface area contributed by atoms with E-state index >= 15 is 0 Å². The average molecular weight is 428 g/mol. The second-order valence-electron chi connectivity index (χ2n) is 6.34. The van der Waals surface area contributed by atoms with Gasteiger partial charge in [0, 0.05) is 5.39 Å². The van der Waals surface area contributed by atoms with E-state index in [0.717, 1.165) is 6.08 Å². The second-order valence-corrected chi connectivity index (χ2v) is 8.30. The zero-order valence-corrected chi connectivity index (χ0v) is 17.3. The van der Waals surface area contributed by atoms with Crippen LogP contribution in [-0.4, -0.2) is 33.7 Å². The van der Waals surface area contributed by atoms with Gasteiger partial charge in [0.2, 0.25) is 0 Å². The quantitative estimate of drug-likeness (QED) is 0.401. The van der Waals surface area contributed by atoms with E-state index in [1.165, 1.54) is 12.1 Å². The maximum atomic E-state index is 12.7. The Bertz CT molecular complexity index is 1250. The van der Waals surface area contributed by atoms with Crippen molar-refractivity contribution in [3.05, 3.63) is 70.6 Å². The lowest BCUT2D eigenvalue weighted by Gasteiger charge is -2.07. The summed E-state index contributed by atoms with van der Waals surface area (Å²) in [7, 11) is -2.65. The van der Waals surface area contributed by atoms with Crippen LogP contribution >= 0.6 is 0 Å². The molecule has 0 spiro atoms. The maximum Gasteiger partial charge on any atom is 0.355 e. The molecule has 7 nitrogen and oxygen atoms in total. The highest BCUT2D eigenvalue weighted by atomic mass is 32.2. The predicted molar refractivity (Wildman–Crippen MR) is 113 cm³/mol. The number of ether oxygens (including phenoxy) is 2. The van der Waals surface area contributed by atoms with Crippen molar-refractivity contribution in [3.63, 3.8) is 0 Å². The minimum absolute atomic E-state index is 0.161. The summed E-state index contributed by atoms with van der Waals surface area (Å²) < 4.78 is 40.9. The Hall–Kier alpha value is -3.39. The van der Waals surface area contributed by atoms with Crippen molar-refractivity contribution in [3.8, 4) is 11.5 Å². The molecule has 0 aliphatic carbocycles. The Morgan fingerprint density at radius 1 is 1.13 bits per heavy atom. The third-order valence-electron chi connectivity index (χ3n) is 4.24. The lowest BCUT2D eigenvalue weighted by atomic mass is 10.2. The summed E-state index contributed by atoms with van der Waals surface area (Å²) >= 11 is 0. The van der Waals surface area contributed by atoms with Gasteiger partial charge in [-0.3, -0.25) is 4.79 Å². The number of fused-ring (bicyclic) bond motifs is 1. The number of rotatable bonds is 8. The summed E-state index contributed by atoms with van der Waals surface area (Å²) in [6.07, 6.45) is 2.66. The molecule has 0 saturated heterocycles. The standard InChI is InChI=1S/C22H20O7S/c1-3-28-19-6-4-5-16-13-20(22(24)29-21(16)19)30(25,26)14-17(23)10-7-15-8-11-18(27-2)12-9-15/h4-13H,3,14H2,1-2H3/b10-7-. The molecule has 0 saturated carbocycles. The Morgan fingerprint density at radius 3 is 2.53 bits per heavy atom. The first kappa shape index (κ1) is 21.3. The highest BCUT2D eigenvalue weighted by Gasteiger charge is 2.24. The van der Waals surface area contributed by atoms with Crippen LogP contribution in [0.1, 0.15) is 12.5 Å². The summed E-state index contributed by atoms with van der Waals surface area (Å²) in [5.41, 5.74) is -0.175. The van der Waals surface area contributed by atoms with E-state index in [1.807, 2.05) is 0 Å². The van der Waals surface area contributed by atoms with Gasteiger partial charge in [0.05, 0.1) is 13.7 Å². The molecule has 0 aliphatic rings. The van der Waals surface area contributed by atoms with Crippen LogP contribution in [0.2, 0.25) is 0 Å². The molecule has 30 heavy (non-hydrogen) atoms. The number of methoxy groups -OCH3 is 1. The largest absolute Gasteiger partial charge is 0.497 e. The number of carbonyl (C=O) groups excluding carboxylic acids is 1. The number of sulfone groups is 1. The van der Waals surface area contributed by atoms with Gasteiger partial charge in [-0.05, 0) is 42.8 Å². The van der Waals surface area contributed by atoms with Crippen LogP contribution in [0.5, 0.6) is 11.5 Å². The molecule has 0 bridgehead atoms. The van der Waals surface area contributed by atoms with Gasteiger partial charge in [-0.15, -0.1) is 0 Å². The topological polar surface area (TPSA) is 99.9 Å². The minimum Gasteiger partial charge on any atom is -0.497 e. The molecule has 0 atom stereocenters. The van der Waals surface area contributed by atoms with Crippen molar-refractivity contribution >= 4 is 32.7 Å². The Morgan fingerprint density at radius 2 is 1.87 bits per heavy atom. The number of ketones is 1. The van der Waals surface area contributed by atoms with Crippen molar-refractivity contribution in [2.24, 2.45) is 0 Å². The van der Waals surface area contributed by atoms with Crippen molar-refractivity contribution < 1.29 is 27.1 Å². The van der Waals surface area contributed by atoms with Gasteiger partial charge >= 0.3 is 5.63 Å². The first-order chi connectivity index (χ1) is 14.3. The van der Waals surface area contributed by atoms with Crippen LogP contribution in [0.4, 0.5) is 0 Å². The molecule has 0 unspecified atom stereocenters. The van der Waals surface area contributed by atoms with E-state index in [0.29, 0.717) is 29.1 Å². The van der Waals surface area contributed by atoms with Crippen LogP contribution in [-0.2, 0) is 14.6 Å². The summed E-state index contributed by atoms with van der Waals surface area (Å²) in [4.78, 5) is 24.0. The fourth-order valence-electron chi connectivity index (χ4n) is 2.80. The molecule has 0 fully saturated rings. The molecule has 0 aliphatic heterocycles. The van der Waals surface area contributed by atoms with Crippen molar-refractivity contribution in [1.82, 2.24) is 0 Å². The summed E-state index contributed by atoms with van der Waals surface area (Å²) in [6, 6.07) is 13.0. The lowest BCUT2D eigenvalue weighted by Crippen LogP contribution is -2.21. The normalized spacial score (nSPS) is 11.7. The van der Waals surface area contributed by atoms with Gasteiger partial charge in [0.15, 0.2) is 31.8 Å². The average Bonchev–Trinajstić information content (AvgIpc) is 2.72. The maximum absolute atomic E-state index is 12.7. The van der Waals surface area contributed by atoms with Crippen LogP contribution in [0.25, 0.3) is 17.0 Å². The Kier molecular flexibility index (Phi) is 6.37. The number of para-hydroxylation sites is 1. The molecular formula is C22H20O7S. The second kappa shape index (κ2) is 8.96. The fraction of sp³-hybridized carbons (Fsp3) is 0.182. The fourth-order valence-corrected chi connectivity index (χ4v) is 4.03. The number of allylic oxidation sites excluding steroid dienone is 1. The van der Waals surface area contributed by atoms with Gasteiger partial charge < -0.3 is 13.9 Å². The smallest absolute Gasteiger partial charge is 0.355 e. The molecule has 2 aromatic carbocycles. The SMILES string of the molecule is CCOc1cccc2cc(S(=O)(=O)CC(=O)/C=C\c3ccc(OC)cc3)c(=O)oc12. The van der Waals surface area contributed by atoms with E-state index in [1.54, 1.807) is 56.5 Å². The van der Waals surface area contributed by atoms with Crippen molar-refractivity contribution in [2.75, 3.05) is 19.5 Å².